The number of halogens is 1. The summed E-state index contributed by atoms with van der Waals surface area (Å²) in [6, 6.07) is 11.2. The van der Waals surface area contributed by atoms with Crippen LogP contribution >= 0.6 is 35.9 Å². The Balaban J connectivity index is 0.000000161. The van der Waals surface area contributed by atoms with Gasteiger partial charge < -0.3 is 33.9 Å². The number of carbonyl (C=O) groups is 4. The number of benzene rings is 2. The molecule has 14 nitrogen and oxygen atoms in total. The van der Waals surface area contributed by atoms with Crippen LogP contribution in [0.1, 0.15) is 75.2 Å². The van der Waals surface area contributed by atoms with Crippen LogP contribution in [0.4, 0.5) is 5.95 Å². The Morgan fingerprint density at radius 2 is 1.40 bits per heavy atom. The number of aromatic nitrogens is 2. The molecular weight excluding hydrogens is 796 g/mol. The predicted octanol–water partition coefficient (Wildman–Crippen LogP) is 4.58. The van der Waals surface area contributed by atoms with E-state index in [0.29, 0.717) is 66.7 Å². The molecule has 3 aromatic rings. The number of esters is 3. The van der Waals surface area contributed by atoms with Gasteiger partial charge in [-0.1, -0.05) is 12.1 Å². The lowest BCUT2D eigenvalue weighted by Gasteiger charge is -2.39. The van der Waals surface area contributed by atoms with Gasteiger partial charge in [0.05, 0.1) is 38.2 Å². The second-order valence-corrected chi connectivity index (χ2v) is 16.6. The van der Waals surface area contributed by atoms with Crippen molar-refractivity contribution in [3.63, 3.8) is 0 Å². The molecule has 7 heterocycles. The number of carbonyl (C=O) groups excluding carboxylic acids is 4. The lowest BCUT2D eigenvalue weighted by atomic mass is 9.84. The van der Waals surface area contributed by atoms with Gasteiger partial charge in [0, 0.05) is 79.1 Å². The van der Waals surface area contributed by atoms with E-state index in [1.165, 1.54) is 7.11 Å². The van der Waals surface area contributed by atoms with Crippen molar-refractivity contribution in [3.8, 4) is 11.5 Å². The molecule has 0 aliphatic carbocycles. The van der Waals surface area contributed by atoms with Crippen molar-refractivity contribution in [3.05, 3.63) is 80.3 Å². The SMILES string of the molecule is COC(=O)C1CSCCC1=O.COc1ccc2c(c1)C(=O)OC21CCN(c2nc3c(c(=O)[nH]2)CSCC3)CC1.COc1ccc2c(c1)C(=O)OC21CCNCC1.Cl. The van der Waals surface area contributed by atoms with E-state index in [9.17, 15) is 24.0 Å². The number of methoxy groups -OCH3 is 3. The highest BCUT2D eigenvalue weighted by Crippen LogP contribution is 2.46. The van der Waals surface area contributed by atoms with Gasteiger partial charge in [-0.3, -0.25) is 19.4 Å². The van der Waals surface area contributed by atoms with Crippen molar-refractivity contribution in [2.24, 2.45) is 5.92 Å². The molecule has 2 N–H and O–H groups in total. The van der Waals surface area contributed by atoms with Crippen molar-refractivity contribution in [2.75, 3.05) is 69.7 Å². The monoisotopic (exact) mass is 842 g/mol. The maximum atomic E-state index is 12.4. The van der Waals surface area contributed by atoms with Gasteiger partial charge in [0.1, 0.15) is 34.4 Å². The quantitative estimate of drug-likeness (QED) is 0.212. The highest BCUT2D eigenvalue weighted by molar-refractivity contribution is 7.99. The van der Waals surface area contributed by atoms with Gasteiger partial charge in [0.25, 0.3) is 5.56 Å². The Morgan fingerprint density at radius 3 is 1.96 bits per heavy atom. The molecule has 2 spiro atoms. The average Bonchev–Trinajstić information content (AvgIpc) is 3.65. The first kappa shape index (κ1) is 42.4. The number of Topliss-reactive ketones (excluding diaryl/α,β-unsaturated/α-hetero) is 1. The second kappa shape index (κ2) is 18.1. The number of aryl methyl sites for hydroxylation is 1. The zero-order valence-electron chi connectivity index (χ0n) is 32.1. The zero-order valence-corrected chi connectivity index (χ0v) is 34.6. The van der Waals surface area contributed by atoms with E-state index in [1.54, 1.807) is 49.9 Å². The predicted molar refractivity (Wildman–Crippen MR) is 218 cm³/mol. The molecule has 0 amide bonds. The number of piperidine rings is 2. The van der Waals surface area contributed by atoms with Crippen LogP contribution in [-0.4, -0.2) is 98.4 Å². The number of hydrogen-bond acceptors (Lipinski definition) is 15. The minimum atomic E-state index is -0.597. The fourth-order valence-electron chi connectivity index (χ4n) is 8.02. The van der Waals surface area contributed by atoms with Crippen LogP contribution in [-0.2, 0) is 47.2 Å². The van der Waals surface area contributed by atoms with E-state index in [0.717, 1.165) is 72.0 Å². The summed E-state index contributed by atoms with van der Waals surface area (Å²) in [5.41, 5.74) is 3.90. The van der Waals surface area contributed by atoms with E-state index in [1.807, 2.05) is 24.3 Å². The van der Waals surface area contributed by atoms with Crippen LogP contribution < -0.4 is 25.2 Å². The number of nitrogens with one attached hydrogen (secondary N) is 2. The number of hydrogen-bond donors (Lipinski definition) is 2. The minimum Gasteiger partial charge on any atom is -0.497 e. The van der Waals surface area contributed by atoms with Gasteiger partial charge >= 0.3 is 17.9 Å². The third-order valence-corrected chi connectivity index (χ3v) is 13.3. The molecular formula is C40H47ClN4O10S2. The van der Waals surface area contributed by atoms with Crippen LogP contribution in [0.5, 0.6) is 11.5 Å². The van der Waals surface area contributed by atoms with Gasteiger partial charge in [-0.05, 0) is 49.5 Å². The number of anilines is 1. The molecule has 17 heteroatoms. The lowest BCUT2D eigenvalue weighted by Crippen LogP contribution is -2.44. The molecule has 1 atom stereocenters. The molecule has 9 rings (SSSR count). The van der Waals surface area contributed by atoms with Gasteiger partial charge in [0.2, 0.25) is 5.95 Å². The van der Waals surface area contributed by atoms with Crippen LogP contribution in [0.3, 0.4) is 0 Å². The number of ether oxygens (including phenoxy) is 5. The van der Waals surface area contributed by atoms with E-state index >= 15 is 0 Å². The summed E-state index contributed by atoms with van der Waals surface area (Å²) < 4.78 is 26.3. The van der Waals surface area contributed by atoms with E-state index in [-0.39, 0.29) is 41.7 Å². The first-order valence-electron chi connectivity index (χ1n) is 18.8. The van der Waals surface area contributed by atoms with Gasteiger partial charge in [0.15, 0.2) is 0 Å². The Hall–Kier alpha value is -4.25. The fraction of sp³-hybridized carbons (Fsp3) is 0.500. The van der Waals surface area contributed by atoms with Crippen molar-refractivity contribution in [1.82, 2.24) is 15.3 Å². The minimum absolute atomic E-state index is 0. The number of thioether (sulfide) groups is 2. The fourth-order valence-corrected chi connectivity index (χ4v) is 10.1. The lowest BCUT2D eigenvalue weighted by molar-refractivity contribution is -0.148. The molecule has 0 saturated carbocycles. The maximum Gasteiger partial charge on any atom is 0.339 e. The van der Waals surface area contributed by atoms with Crippen LogP contribution in [0.15, 0.2) is 41.2 Å². The first-order chi connectivity index (χ1) is 27.1. The number of nitrogens with zero attached hydrogens (tertiary/aromatic N) is 2. The van der Waals surface area contributed by atoms with Crippen LogP contribution in [0, 0.1) is 5.92 Å². The Labute approximate surface area is 345 Å². The third kappa shape index (κ3) is 8.64. The molecule has 1 unspecified atom stereocenters. The number of aromatic amines is 1. The normalized spacial score (nSPS) is 20.9. The molecule has 306 valence electrons. The maximum absolute atomic E-state index is 12.4. The molecule has 0 radical (unpaired) electrons. The Morgan fingerprint density at radius 1 is 0.825 bits per heavy atom. The molecule has 6 aliphatic rings. The number of fused-ring (bicyclic) bond motifs is 5. The molecule has 2 aromatic carbocycles. The highest BCUT2D eigenvalue weighted by Gasteiger charge is 2.48. The highest BCUT2D eigenvalue weighted by atomic mass is 35.5. The Bertz CT molecular complexity index is 2060. The first-order valence-corrected chi connectivity index (χ1v) is 21.1. The van der Waals surface area contributed by atoms with Crippen molar-refractivity contribution >= 4 is 65.6 Å². The summed E-state index contributed by atoms with van der Waals surface area (Å²) in [5.74, 6) is 3.77. The molecule has 6 aliphatic heterocycles. The van der Waals surface area contributed by atoms with Crippen LogP contribution in [0.25, 0.3) is 0 Å². The molecule has 3 fully saturated rings. The zero-order chi connectivity index (χ0) is 39.5. The molecule has 57 heavy (non-hydrogen) atoms. The topological polar surface area (TPSA) is 175 Å². The molecule has 1 aromatic heterocycles. The molecule has 0 bridgehead atoms. The summed E-state index contributed by atoms with van der Waals surface area (Å²) in [6.07, 6.45) is 4.35. The standard InChI is InChI=1S/C20H21N3O4S.C13H15NO3.C7H10O3S.ClH/c1-26-12-2-3-15-13(10-12)18(25)27-20(15)5-7-23(8-6-20)19-21-16-4-9-28-11-14(16)17(24)22-19;1-16-9-2-3-11-10(8-9)12(15)17-13(11)4-6-14-7-5-13;1-10-7(9)5-4-11-3-2-6(5)8;/h2-3,10H,4-9,11H2,1H3,(H,21,22,24);2-3,8,14H,4-7H2,1H3;5H,2-4H2,1H3;1H. The summed E-state index contributed by atoms with van der Waals surface area (Å²) in [5, 5.41) is 3.29. The van der Waals surface area contributed by atoms with Crippen molar-refractivity contribution in [1.29, 1.82) is 0 Å². The van der Waals surface area contributed by atoms with Crippen molar-refractivity contribution < 1.29 is 42.9 Å². The van der Waals surface area contributed by atoms with Gasteiger partial charge in [-0.2, -0.15) is 23.5 Å². The summed E-state index contributed by atoms with van der Waals surface area (Å²) in [7, 11) is 4.50. The number of H-pyrrole nitrogens is 1. The smallest absolute Gasteiger partial charge is 0.339 e. The van der Waals surface area contributed by atoms with Crippen LogP contribution in [0.2, 0.25) is 0 Å². The second-order valence-electron chi connectivity index (χ2n) is 14.3. The largest absolute Gasteiger partial charge is 0.497 e. The van der Waals surface area contributed by atoms with Gasteiger partial charge in [-0.15, -0.1) is 12.4 Å². The average molecular weight is 843 g/mol. The number of rotatable bonds is 4. The summed E-state index contributed by atoms with van der Waals surface area (Å²) in [4.78, 5) is 68.5. The van der Waals surface area contributed by atoms with E-state index in [4.69, 9.17) is 23.9 Å². The summed E-state index contributed by atoms with van der Waals surface area (Å²) >= 11 is 3.40. The molecule has 3 saturated heterocycles. The van der Waals surface area contributed by atoms with Crippen molar-refractivity contribution in [2.45, 2.75) is 55.5 Å². The van der Waals surface area contributed by atoms with E-state index < -0.39 is 17.1 Å². The summed E-state index contributed by atoms with van der Waals surface area (Å²) in [6.45, 7) is 3.10. The van der Waals surface area contributed by atoms with E-state index in [2.05, 4.69) is 19.9 Å². The number of ketones is 1. The van der Waals surface area contributed by atoms with Gasteiger partial charge in [-0.25, -0.2) is 14.6 Å². The third-order valence-electron chi connectivity index (χ3n) is 11.2. The Kier molecular flexibility index (Phi) is 13.5.